The standard InChI is InChI=1S/C14H25BrO2/c1-2-3-12-17-13(16)14(8-4-5-9-14)10-6-7-11-15/h2-12H2,1H3. The molecule has 0 aromatic carbocycles. The first-order chi connectivity index (χ1) is 8.25. The van der Waals surface area contributed by atoms with Crippen LogP contribution in [0.2, 0.25) is 0 Å². The Balaban J connectivity index is 2.42. The van der Waals surface area contributed by atoms with Crippen LogP contribution in [-0.4, -0.2) is 17.9 Å². The van der Waals surface area contributed by atoms with Crippen LogP contribution >= 0.6 is 15.9 Å². The van der Waals surface area contributed by atoms with Gasteiger partial charge < -0.3 is 4.74 Å². The highest BCUT2D eigenvalue weighted by Crippen LogP contribution is 2.43. The van der Waals surface area contributed by atoms with E-state index < -0.39 is 0 Å². The monoisotopic (exact) mass is 304 g/mol. The SMILES string of the molecule is CCCCOC(=O)C1(CCCCBr)CCCC1. The fourth-order valence-corrected chi connectivity index (χ4v) is 3.02. The molecule has 0 heterocycles. The highest BCUT2D eigenvalue weighted by atomic mass is 79.9. The normalized spacial score (nSPS) is 18.2. The third-order valence-corrected chi connectivity index (χ3v) is 4.32. The molecule has 0 bridgehead atoms. The smallest absolute Gasteiger partial charge is 0.312 e. The molecule has 1 rings (SSSR count). The number of hydrogen-bond donors (Lipinski definition) is 0. The van der Waals surface area contributed by atoms with Crippen molar-refractivity contribution in [3.05, 3.63) is 0 Å². The van der Waals surface area contributed by atoms with E-state index in [4.69, 9.17) is 4.74 Å². The molecule has 2 nitrogen and oxygen atoms in total. The second-order valence-corrected chi connectivity index (χ2v) is 5.92. The second-order valence-electron chi connectivity index (χ2n) is 5.12. The van der Waals surface area contributed by atoms with Crippen LogP contribution in [0.15, 0.2) is 0 Å². The molecule has 1 aliphatic carbocycles. The number of esters is 1. The Hall–Kier alpha value is -0.0500. The number of carbonyl (C=O) groups excluding carboxylic acids is 1. The molecule has 0 unspecified atom stereocenters. The molecule has 0 aromatic rings. The molecule has 0 atom stereocenters. The summed E-state index contributed by atoms with van der Waals surface area (Å²) in [7, 11) is 0. The third kappa shape index (κ3) is 4.61. The lowest BCUT2D eigenvalue weighted by molar-refractivity contribution is -0.156. The zero-order valence-electron chi connectivity index (χ0n) is 11.0. The van der Waals surface area contributed by atoms with Gasteiger partial charge in [0.25, 0.3) is 0 Å². The molecule has 1 fully saturated rings. The number of hydrogen-bond acceptors (Lipinski definition) is 2. The summed E-state index contributed by atoms with van der Waals surface area (Å²) in [6, 6.07) is 0. The van der Waals surface area contributed by atoms with E-state index in [1.165, 1.54) is 12.8 Å². The number of alkyl halides is 1. The van der Waals surface area contributed by atoms with Crippen LogP contribution in [0, 0.1) is 5.41 Å². The lowest BCUT2D eigenvalue weighted by atomic mass is 9.81. The van der Waals surface area contributed by atoms with E-state index in [1.807, 2.05) is 0 Å². The van der Waals surface area contributed by atoms with Crippen LogP contribution in [-0.2, 0) is 9.53 Å². The Bertz CT molecular complexity index is 222. The van der Waals surface area contributed by atoms with Gasteiger partial charge in [-0.1, -0.05) is 48.5 Å². The number of ether oxygens (including phenoxy) is 1. The second kappa shape index (κ2) is 8.12. The first kappa shape index (κ1) is 15.0. The summed E-state index contributed by atoms with van der Waals surface area (Å²) >= 11 is 3.45. The van der Waals surface area contributed by atoms with Crippen molar-refractivity contribution >= 4 is 21.9 Å². The summed E-state index contributed by atoms with van der Waals surface area (Å²) in [4.78, 5) is 12.2. The van der Waals surface area contributed by atoms with Crippen molar-refractivity contribution in [2.75, 3.05) is 11.9 Å². The first-order valence-electron chi connectivity index (χ1n) is 6.98. The molecule has 100 valence electrons. The van der Waals surface area contributed by atoms with Gasteiger partial charge in [-0.2, -0.15) is 0 Å². The Labute approximate surface area is 114 Å². The predicted octanol–water partition coefficient (Wildman–Crippen LogP) is 4.46. The van der Waals surface area contributed by atoms with Gasteiger partial charge in [0.15, 0.2) is 0 Å². The molecule has 17 heavy (non-hydrogen) atoms. The third-order valence-electron chi connectivity index (χ3n) is 3.76. The average molecular weight is 305 g/mol. The van der Waals surface area contributed by atoms with Gasteiger partial charge in [0.2, 0.25) is 0 Å². The van der Waals surface area contributed by atoms with Gasteiger partial charge in [-0.05, 0) is 32.1 Å². The molecule has 0 saturated heterocycles. The Morgan fingerprint density at radius 1 is 1.24 bits per heavy atom. The minimum absolute atomic E-state index is 0.0815. The van der Waals surface area contributed by atoms with Crippen molar-refractivity contribution in [1.29, 1.82) is 0 Å². The van der Waals surface area contributed by atoms with Crippen LogP contribution in [0.25, 0.3) is 0 Å². The molecule has 1 saturated carbocycles. The number of rotatable bonds is 8. The van der Waals surface area contributed by atoms with Crippen LogP contribution in [0.5, 0.6) is 0 Å². The molecule has 3 heteroatoms. The average Bonchev–Trinajstić information content (AvgIpc) is 2.80. The summed E-state index contributed by atoms with van der Waals surface area (Å²) in [5.74, 6) is 0.0815. The van der Waals surface area contributed by atoms with Crippen molar-refractivity contribution in [2.24, 2.45) is 5.41 Å². The van der Waals surface area contributed by atoms with Gasteiger partial charge in [-0.15, -0.1) is 0 Å². The molecular weight excluding hydrogens is 280 g/mol. The van der Waals surface area contributed by atoms with Crippen molar-refractivity contribution < 1.29 is 9.53 Å². The number of unbranched alkanes of at least 4 members (excludes halogenated alkanes) is 2. The molecular formula is C14H25BrO2. The van der Waals surface area contributed by atoms with E-state index in [9.17, 15) is 4.79 Å². The van der Waals surface area contributed by atoms with E-state index in [2.05, 4.69) is 22.9 Å². The zero-order chi connectivity index (χ0) is 12.6. The van der Waals surface area contributed by atoms with Crippen LogP contribution in [0.3, 0.4) is 0 Å². The molecule has 0 N–H and O–H groups in total. The van der Waals surface area contributed by atoms with Crippen LogP contribution in [0.4, 0.5) is 0 Å². The topological polar surface area (TPSA) is 26.3 Å². The zero-order valence-corrected chi connectivity index (χ0v) is 12.6. The molecule has 1 aliphatic rings. The summed E-state index contributed by atoms with van der Waals surface area (Å²) < 4.78 is 5.45. The van der Waals surface area contributed by atoms with Gasteiger partial charge in [0.05, 0.1) is 12.0 Å². The molecule has 0 spiro atoms. The van der Waals surface area contributed by atoms with E-state index in [1.54, 1.807) is 0 Å². The lowest BCUT2D eigenvalue weighted by Gasteiger charge is -2.26. The Morgan fingerprint density at radius 2 is 1.94 bits per heavy atom. The fourth-order valence-electron chi connectivity index (χ4n) is 2.63. The van der Waals surface area contributed by atoms with Crippen molar-refractivity contribution in [3.8, 4) is 0 Å². The van der Waals surface area contributed by atoms with Crippen LogP contribution in [0.1, 0.15) is 64.7 Å². The number of carbonyl (C=O) groups is 1. The maximum absolute atomic E-state index is 12.2. The largest absolute Gasteiger partial charge is 0.465 e. The molecule has 0 aliphatic heterocycles. The molecule has 0 radical (unpaired) electrons. The molecule has 0 aromatic heterocycles. The highest BCUT2D eigenvalue weighted by molar-refractivity contribution is 9.09. The minimum Gasteiger partial charge on any atom is -0.465 e. The van der Waals surface area contributed by atoms with E-state index in [-0.39, 0.29) is 11.4 Å². The van der Waals surface area contributed by atoms with Crippen LogP contribution < -0.4 is 0 Å². The van der Waals surface area contributed by atoms with Crippen molar-refractivity contribution in [3.63, 3.8) is 0 Å². The van der Waals surface area contributed by atoms with Crippen molar-refractivity contribution in [2.45, 2.75) is 64.7 Å². The summed E-state index contributed by atoms with van der Waals surface area (Å²) in [5, 5.41) is 1.04. The minimum atomic E-state index is -0.129. The van der Waals surface area contributed by atoms with E-state index >= 15 is 0 Å². The fraction of sp³-hybridized carbons (Fsp3) is 0.929. The van der Waals surface area contributed by atoms with Gasteiger partial charge in [0.1, 0.15) is 0 Å². The predicted molar refractivity (Wildman–Crippen MR) is 74.4 cm³/mol. The van der Waals surface area contributed by atoms with Gasteiger partial charge in [0, 0.05) is 5.33 Å². The van der Waals surface area contributed by atoms with Gasteiger partial charge in [-0.3, -0.25) is 4.79 Å². The van der Waals surface area contributed by atoms with E-state index in [0.717, 1.165) is 50.3 Å². The lowest BCUT2D eigenvalue weighted by Crippen LogP contribution is -2.30. The molecule has 0 amide bonds. The maximum atomic E-state index is 12.2. The Kier molecular flexibility index (Phi) is 7.17. The summed E-state index contributed by atoms with van der Waals surface area (Å²) in [6.45, 7) is 2.73. The van der Waals surface area contributed by atoms with Crippen molar-refractivity contribution in [1.82, 2.24) is 0 Å². The number of halogens is 1. The van der Waals surface area contributed by atoms with Gasteiger partial charge in [-0.25, -0.2) is 0 Å². The quantitative estimate of drug-likeness (QED) is 0.376. The summed E-state index contributed by atoms with van der Waals surface area (Å²) in [5.41, 5.74) is -0.129. The first-order valence-corrected chi connectivity index (χ1v) is 8.10. The van der Waals surface area contributed by atoms with E-state index in [0.29, 0.717) is 6.61 Å². The summed E-state index contributed by atoms with van der Waals surface area (Å²) in [6.07, 6.45) is 9.85. The maximum Gasteiger partial charge on any atom is 0.312 e. The Morgan fingerprint density at radius 3 is 2.53 bits per heavy atom. The highest BCUT2D eigenvalue weighted by Gasteiger charge is 2.41. The van der Waals surface area contributed by atoms with Gasteiger partial charge >= 0.3 is 5.97 Å².